The molecular weight excluding hydrogens is 440 g/mol. The van der Waals surface area contributed by atoms with Gasteiger partial charge in [-0.3, -0.25) is 0 Å². The lowest BCUT2D eigenvalue weighted by Gasteiger charge is -2.62. The minimum absolute atomic E-state index is 0.0254. The summed E-state index contributed by atoms with van der Waals surface area (Å²) in [6, 6.07) is 0. The fraction of sp³-hybridized carbons (Fsp3) is 0.923. The van der Waals surface area contributed by atoms with Crippen molar-refractivity contribution in [2.75, 3.05) is 13.2 Å². The van der Waals surface area contributed by atoms with E-state index < -0.39 is 48.5 Å². The third kappa shape index (κ3) is 4.98. The molecule has 0 amide bonds. The van der Waals surface area contributed by atoms with E-state index in [-0.39, 0.29) is 23.4 Å². The molecule has 1 heterocycles. The van der Waals surface area contributed by atoms with E-state index in [0.717, 1.165) is 25.7 Å². The molecule has 8 heteroatoms. The summed E-state index contributed by atoms with van der Waals surface area (Å²) in [5, 5.41) is 61.7. The Hall–Kier alpha value is -0.580. The van der Waals surface area contributed by atoms with E-state index in [2.05, 4.69) is 20.4 Å². The van der Waals surface area contributed by atoms with Crippen molar-refractivity contribution in [3.63, 3.8) is 0 Å². The summed E-state index contributed by atoms with van der Waals surface area (Å²) in [5.41, 5.74) is -2.09. The van der Waals surface area contributed by atoms with Crippen LogP contribution in [0.15, 0.2) is 12.7 Å². The summed E-state index contributed by atoms with van der Waals surface area (Å²) in [6.45, 7) is 11.7. The van der Waals surface area contributed by atoms with Crippen LogP contribution in [0.3, 0.4) is 0 Å². The Morgan fingerprint density at radius 2 is 1.74 bits per heavy atom. The first-order valence-corrected chi connectivity index (χ1v) is 12.7. The Balaban J connectivity index is 1.78. The molecule has 3 rings (SSSR count). The standard InChI is InChI=1S/C26H46O8/c1-6-24(3,34-22-21(31)20(30)19(29)16(14-27)33-22)12-8-18-25(4)11-7-10-23(2,15-28)17(25)9-13-26(18,5)32/h6,16-22,27-32H,1,7-15H2,2-5H3/t16-,17-,18+,19-,20+,21-,22+,23-,24+,25-,26-/m1/s1. The lowest BCUT2D eigenvalue weighted by atomic mass is 9.44. The van der Waals surface area contributed by atoms with Crippen molar-refractivity contribution < 1.29 is 40.1 Å². The highest BCUT2D eigenvalue weighted by Gasteiger charge is 2.59. The summed E-state index contributed by atoms with van der Waals surface area (Å²) < 4.78 is 11.6. The number of aliphatic hydroxyl groups is 6. The Morgan fingerprint density at radius 1 is 1.06 bits per heavy atom. The molecule has 0 aromatic rings. The van der Waals surface area contributed by atoms with Crippen molar-refractivity contribution in [2.24, 2.45) is 22.7 Å². The molecule has 2 saturated carbocycles. The minimum atomic E-state index is -1.51. The van der Waals surface area contributed by atoms with E-state index in [1.54, 1.807) is 6.08 Å². The zero-order valence-corrected chi connectivity index (χ0v) is 21.2. The highest BCUT2D eigenvalue weighted by Crippen LogP contribution is 2.63. The predicted octanol–water partition coefficient (Wildman–Crippen LogP) is 1.49. The number of fused-ring (bicyclic) bond motifs is 1. The SMILES string of the molecule is C=C[C@@](C)(CC[C@H]1[C@]2(C)CCC[C@](C)(CO)[C@H]2CC[C@@]1(C)O)O[C@@H]1O[C@H](CO)[C@@H](O)[C@H](O)[C@H]1O. The van der Waals surface area contributed by atoms with E-state index >= 15 is 0 Å². The van der Waals surface area contributed by atoms with Gasteiger partial charge in [0.25, 0.3) is 0 Å². The Labute approximate surface area is 203 Å². The van der Waals surface area contributed by atoms with Gasteiger partial charge in [-0.25, -0.2) is 0 Å². The molecule has 2 aliphatic carbocycles. The van der Waals surface area contributed by atoms with E-state index in [0.29, 0.717) is 25.2 Å². The topological polar surface area (TPSA) is 140 Å². The van der Waals surface area contributed by atoms with Gasteiger partial charge in [-0.2, -0.15) is 0 Å². The molecule has 198 valence electrons. The molecule has 0 unspecified atom stereocenters. The maximum absolute atomic E-state index is 11.5. The third-order valence-corrected chi connectivity index (χ3v) is 9.54. The Bertz CT molecular complexity index is 713. The third-order valence-electron chi connectivity index (χ3n) is 9.54. The van der Waals surface area contributed by atoms with Gasteiger partial charge in [-0.05, 0) is 75.0 Å². The van der Waals surface area contributed by atoms with Crippen LogP contribution >= 0.6 is 0 Å². The number of rotatable bonds is 8. The Kier molecular flexibility index (Phi) is 8.28. The summed E-state index contributed by atoms with van der Waals surface area (Å²) in [4.78, 5) is 0. The largest absolute Gasteiger partial charge is 0.396 e. The van der Waals surface area contributed by atoms with Crippen LogP contribution in [0.5, 0.6) is 0 Å². The van der Waals surface area contributed by atoms with Gasteiger partial charge in [0.1, 0.15) is 24.4 Å². The van der Waals surface area contributed by atoms with Crippen LogP contribution in [-0.2, 0) is 9.47 Å². The molecular formula is C26H46O8. The van der Waals surface area contributed by atoms with Gasteiger partial charge in [0, 0.05) is 6.61 Å². The monoisotopic (exact) mass is 486 g/mol. The predicted molar refractivity (Wildman–Crippen MR) is 127 cm³/mol. The first kappa shape index (κ1) is 28.0. The van der Waals surface area contributed by atoms with Gasteiger partial charge >= 0.3 is 0 Å². The molecule has 3 fully saturated rings. The first-order valence-electron chi connectivity index (χ1n) is 12.7. The summed E-state index contributed by atoms with van der Waals surface area (Å²) in [6.07, 6.45) is 0.570. The quantitative estimate of drug-likeness (QED) is 0.284. The molecule has 0 aromatic carbocycles. The highest BCUT2D eigenvalue weighted by atomic mass is 16.7. The number of aliphatic hydroxyl groups excluding tert-OH is 5. The maximum Gasteiger partial charge on any atom is 0.187 e. The molecule has 34 heavy (non-hydrogen) atoms. The van der Waals surface area contributed by atoms with Gasteiger partial charge in [0.05, 0.1) is 17.8 Å². The van der Waals surface area contributed by atoms with Crippen LogP contribution < -0.4 is 0 Å². The van der Waals surface area contributed by atoms with Crippen LogP contribution in [0.25, 0.3) is 0 Å². The smallest absolute Gasteiger partial charge is 0.187 e. The molecule has 11 atom stereocenters. The van der Waals surface area contributed by atoms with Crippen LogP contribution in [0.4, 0.5) is 0 Å². The van der Waals surface area contributed by atoms with Gasteiger partial charge in [-0.1, -0.05) is 26.3 Å². The van der Waals surface area contributed by atoms with E-state index in [9.17, 15) is 30.6 Å². The maximum atomic E-state index is 11.5. The fourth-order valence-corrected chi connectivity index (χ4v) is 7.33. The van der Waals surface area contributed by atoms with Crippen molar-refractivity contribution in [3.8, 4) is 0 Å². The van der Waals surface area contributed by atoms with Gasteiger partial charge < -0.3 is 40.1 Å². The zero-order valence-electron chi connectivity index (χ0n) is 21.2. The van der Waals surface area contributed by atoms with Crippen molar-refractivity contribution in [3.05, 3.63) is 12.7 Å². The number of hydrogen-bond donors (Lipinski definition) is 6. The molecule has 0 bridgehead atoms. The molecule has 0 radical (unpaired) electrons. The normalized spacial score (nSPS) is 49.2. The molecule has 0 aromatic heterocycles. The number of ether oxygens (including phenoxy) is 2. The second-order valence-corrected chi connectivity index (χ2v) is 12.0. The van der Waals surface area contributed by atoms with Crippen LogP contribution in [0.1, 0.15) is 72.6 Å². The Morgan fingerprint density at radius 3 is 2.32 bits per heavy atom. The van der Waals surface area contributed by atoms with E-state index in [1.165, 1.54) is 0 Å². The molecule has 0 spiro atoms. The summed E-state index contributed by atoms with van der Waals surface area (Å²) >= 11 is 0. The average molecular weight is 487 g/mol. The van der Waals surface area contributed by atoms with Crippen molar-refractivity contribution in [2.45, 2.75) is 115 Å². The second kappa shape index (κ2) is 10.1. The molecule has 1 aliphatic heterocycles. The van der Waals surface area contributed by atoms with Gasteiger partial charge in [0.2, 0.25) is 0 Å². The van der Waals surface area contributed by atoms with Crippen LogP contribution in [-0.4, -0.2) is 85.8 Å². The highest BCUT2D eigenvalue weighted by molar-refractivity contribution is 5.09. The second-order valence-electron chi connectivity index (χ2n) is 12.0. The average Bonchev–Trinajstić information content (AvgIpc) is 2.78. The molecule has 6 N–H and O–H groups in total. The van der Waals surface area contributed by atoms with E-state index in [1.807, 2.05) is 13.8 Å². The van der Waals surface area contributed by atoms with Gasteiger partial charge in [-0.15, -0.1) is 6.58 Å². The van der Waals surface area contributed by atoms with Crippen molar-refractivity contribution in [1.82, 2.24) is 0 Å². The van der Waals surface area contributed by atoms with Crippen molar-refractivity contribution >= 4 is 0 Å². The first-order chi connectivity index (χ1) is 15.8. The number of hydrogen-bond acceptors (Lipinski definition) is 8. The molecule has 3 aliphatic rings. The summed E-state index contributed by atoms with van der Waals surface area (Å²) in [5.74, 6) is 0.285. The zero-order chi connectivity index (χ0) is 25.5. The molecule has 1 saturated heterocycles. The molecule has 8 nitrogen and oxygen atoms in total. The van der Waals surface area contributed by atoms with Crippen LogP contribution in [0.2, 0.25) is 0 Å². The van der Waals surface area contributed by atoms with Crippen LogP contribution in [0, 0.1) is 22.7 Å². The van der Waals surface area contributed by atoms with E-state index in [4.69, 9.17) is 9.47 Å². The van der Waals surface area contributed by atoms with Crippen molar-refractivity contribution in [1.29, 1.82) is 0 Å². The lowest BCUT2D eigenvalue weighted by Crippen LogP contribution is -2.60. The van der Waals surface area contributed by atoms with Gasteiger partial charge in [0.15, 0.2) is 6.29 Å². The summed E-state index contributed by atoms with van der Waals surface area (Å²) in [7, 11) is 0. The minimum Gasteiger partial charge on any atom is -0.396 e. The fourth-order valence-electron chi connectivity index (χ4n) is 7.33. The lowest BCUT2D eigenvalue weighted by molar-refractivity contribution is -0.320.